The van der Waals surface area contributed by atoms with Gasteiger partial charge in [-0.1, -0.05) is 0 Å². The van der Waals surface area contributed by atoms with Crippen molar-refractivity contribution in [2.45, 2.75) is 13.0 Å². The van der Waals surface area contributed by atoms with Crippen LogP contribution in [-0.2, 0) is 4.74 Å². The molecule has 0 aromatic rings. The average molecular weight is 87.1 g/mol. The fourth-order valence-electron chi connectivity index (χ4n) is 0.496. The second-order valence-electron chi connectivity index (χ2n) is 1.62. The van der Waals surface area contributed by atoms with Crippen molar-refractivity contribution >= 4 is 0 Å². The van der Waals surface area contributed by atoms with Gasteiger partial charge in [-0.25, -0.2) is 0 Å². The van der Waals surface area contributed by atoms with Gasteiger partial charge in [0.05, 0.1) is 13.3 Å². The standard InChI is InChI=1S/C4H9NO/c1-4-2-6-3-5-4/h4-5H,2-3H2,1H3. The molecule has 0 bridgehead atoms. The first kappa shape index (κ1) is 4.09. The lowest BCUT2D eigenvalue weighted by Gasteiger charge is -1.91. The van der Waals surface area contributed by atoms with Crippen LogP contribution in [0.5, 0.6) is 0 Å². The van der Waals surface area contributed by atoms with Crippen molar-refractivity contribution in [3.8, 4) is 0 Å². The van der Waals surface area contributed by atoms with Crippen LogP contribution in [-0.4, -0.2) is 19.4 Å². The van der Waals surface area contributed by atoms with Gasteiger partial charge in [-0.15, -0.1) is 0 Å². The van der Waals surface area contributed by atoms with Crippen molar-refractivity contribution in [3.05, 3.63) is 0 Å². The Bertz CT molecular complexity index is 40.8. The molecule has 36 valence electrons. The summed E-state index contributed by atoms with van der Waals surface area (Å²) in [4.78, 5) is 0. The topological polar surface area (TPSA) is 21.3 Å². The average Bonchev–Trinajstić information content (AvgIpc) is 1.86. The van der Waals surface area contributed by atoms with E-state index in [1.54, 1.807) is 0 Å². The number of ether oxygens (including phenoxy) is 1. The van der Waals surface area contributed by atoms with Gasteiger partial charge in [-0.05, 0) is 6.92 Å². The highest BCUT2D eigenvalue weighted by atomic mass is 16.5. The molecule has 2 heteroatoms. The molecular weight excluding hydrogens is 78.1 g/mol. The van der Waals surface area contributed by atoms with Gasteiger partial charge in [0.15, 0.2) is 0 Å². The molecule has 1 aliphatic heterocycles. The zero-order chi connectivity index (χ0) is 4.41. The van der Waals surface area contributed by atoms with Crippen LogP contribution in [0.2, 0.25) is 0 Å². The summed E-state index contributed by atoms with van der Waals surface area (Å²) >= 11 is 0. The first-order valence-electron chi connectivity index (χ1n) is 2.21. The molecule has 1 unspecified atom stereocenters. The fourth-order valence-corrected chi connectivity index (χ4v) is 0.496. The van der Waals surface area contributed by atoms with E-state index in [0.717, 1.165) is 13.3 Å². The largest absolute Gasteiger partial charge is 0.365 e. The smallest absolute Gasteiger partial charge is 0.0968 e. The van der Waals surface area contributed by atoms with Crippen LogP contribution in [0.15, 0.2) is 0 Å². The van der Waals surface area contributed by atoms with Crippen molar-refractivity contribution in [3.63, 3.8) is 0 Å². The van der Waals surface area contributed by atoms with E-state index in [9.17, 15) is 0 Å². The van der Waals surface area contributed by atoms with Crippen LogP contribution in [0.3, 0.4) is 0 Å². The van der Waals surface area contributed by atoms with Crippen LogP contribution in [0, 0.1) is 0 Å². The molecule has 0 saturated carbocycles. The van der Waals surface area contributed by atoms with E-state index in [4.69, 9.17) is 4.74 Å². The van der Waals surface area contributed by atoms with E-state index >= 15 is 0 Å². The van der Waals surface area contributed by atoms with Gasteiger partial charge in [-0.2, -0.15) is 0 Å². The third kappa shape index (κ3) is 0.698. The van der Waals surface area contributed by atoms with Crippen LogP contribution >= 0.6 is 0 Å². The molecule has 1 aliphatic rings. The summed E-state index contributed by atoms with van der Waals surface area (Å²) in [6.45, 7) is 3.72. The Hall–Kier alpha value is -0.0800. The Morgan fingerprint density at radius 1 is 1.83 bits per heavy atom. The van der Waals surface area contributed by atoms with Gasteiger partial charge in [0.1, 0.15) is 0 Å². The zero-order valence-corrected chi connectivity index (χ0v) is 3.90. The summed E-state index contributed by atoms with van der Waals surface area (Å²) in [5.41, 5.74) is 0. The maximum absolute atomic E-state index is 4.95. The Morgan fingerprint density at radius 3 is 2.83 bits per heavy atom. The van der Waals surface area contributed by atoms with Gasteiger partial charge < -0.3 is 4.74 Å². The summed E-state index contributed by atoms with van der Waals surface area (Å²) in [6, 6.07) is 0.574. The van der Waals surface area contributed by atoms with E-state index in [0.29, 0.717) is 6.04 Å². The number of nitrogens with one attached hydrogen (secondary N) is 1. The second-order valence-corrected chi connectivity index (χ2v) is 1.62. The van der Waals surface area contributed by atoms with Gasteiger partial charge in [0.2, 0.25) is 0 Å². The van der Waals surface area contributed by atoms with Crippen LogP contribution in [0.25, 0.3) is 0 Å². The fraction of sp³-hybridized carbons (Fsp3) is 1.00. The monoisotopic (exact) mass is 87.1 g/mol. The molecule has 1 heterocycles. The maximum atomic E-state index is 4.95. The van der Waals surface area contributed by atoms with Crippen LogP contribution in [0.1, 0.15) is 6.92 Å². The molecule has 1 saturated heterocycles. The molecule has 1 fully saturated rings. The Labute approximate surface area is 37.5 Å². The lowest BCUT2D eigenvalue weighted by Crippen LogP contribution is -2.18. The highest BCUT2D eigenvalue weighted by molar-refractivity contribution is 4.60. The predicted octanol–water partition coefficient (Wildman–Crippen LogP) is -0.0478. The summed E-state index contributed by atoms with van der Waals surface area (Å²) in [7, 11) is 0. The zero-order valence-electron chi connectivity index (χ0n) is 3.90. The molecule has 1 atom stereocenters. The first-order valence-corrected chi connectivity index (χ1v) is 2.21. The second kappa shape index (κ2) is 1.58. The Kier molecular flexibility index (Phi) is 1.08. The molecule has 0 spiro atoms. The maximum Gasteiger partial charge on any atom is 0.0968 e. The van der Waals surface area contributed by atoms with Crippen molar-refractivity contribution in [1.82, 2.24) is 5.32 Å². The van der Waals surface area contributed by atoms with E-state index in [-0.39, 0.29) is 0 Å². The lowest BCUT2D eigenvalue weighted by atomic mass is 10.4. The van der Waals surface area contributed by atoms with E-state index in [2.05, 4.69) is 12.2 Å². The molecule has 0 aliphatic carbocycles. The highest BCUT2D eigenvalue weighted by Gasteiger charge is 2.05. The van der Waals surface area contributed by atoms with Crippen LogP contribution in [0.4, 0.5) is 0 Å². The summed E-state index contributed by atoms with van der Waals surface area (Å²) in [5.74, 6) is 0. The number of hydrogen-bond donors (Lipinski definition) is 1. The van der Waals surface area contributed by atoms with Gasteiger partial charge in [-0.3, -0.25) is 5.32 Å². The third-order valence-electron chi connectivity index (χ3n) is 0.902. The van der Waals surface area contributed by atoms with Gasteiger partial charge >= 0.3 is 0 Å². The van der Waals surface area contributed by atoms with E-state index in [1.807, 2.05) is 0 Å². The van der Waals surface area contributed by atoms with Gasteiger partial charge in [0, 0.05) is 6.04 Å². The molecule has 6 heavy (non-hydrogen) atoms. The Balaban J connectivity index is 2.18. The van der Waals surface area contributed by atoms with E-state index < -0.39 is 0 Å². The summed E-state index contributed by atoms with van der Waals surface area (Å²) < 4.78 is 4.95. The molecule has 1 N–H and O–H groups in total. The van der Waals surface area contributed by atoms with Crippen molar-refractivity contribution in [2.75, 3.05) is 13.3 Å². The highest BCUT2D eigenvalue weighted by Crippen LogP contribution is 1.89. The minimum absolute atomic E-state index is 0.574. The minimum Gasteiger partial charge on any atom is -0.365 e. The minimum atomic E-state index is 0.574. The summed E-state index contributed by atoms with van der Waals surface area (Å²) in [5, 5.41) is 3.10. The molecule has 0 aromatic carbocycles. The molecule has 0 amide bonds. The number of hydrogen-bond acceptors (Lipinski definition) is 2. The number of rotatable bonds is 0. The third-order valence-corrected chi connectivity index (χ3v) is 0.902. The van der Waals surface area contributed by atoms with Crippen LogP contribution < -0.4 is 5.32 Å². The van der Waals surface area contributed by atoms with E-state index in [1.165, 1.54) is 0 Å². The lowest BCUT2D eigenvalue weighted by molar-refractivity contribution is 0.190. The normalized spacial score (nSPS) is 34.5. The SMILES string of the molecule is CC1COCN1. The molecule has 2 nitrogen and oxygen atoms in total. The summed E-state index contributed by atoms with van der Waals surface area (Å²) in [6.07, 6.45) is 0. The Morgan fingerprint density at radius 2 is 2.67 bits per heavy atom. The predicted molar refractivity (Wildman–Crippen MR) is 23.4 cm³/mol. The molecule has 1 rings (SSSR count). The van der Waals surface area contributed by atoms with Gasteiger partial charge in [0.25, 0.3) is 0 Å². The molecule has 0 aromatic heterocycles. The molecular formula is C4H9NO. The quantitative estimate of drug-likeness (QED) is 0.447. The first-order chi connectivity index (χ1) is 2.89. The van der Waals surface area contributed by atoms with Crippen molar-refractivity contribution < 1.29 is 4.74 Å². The van der Waals surface area contributed by atoms with Crippen molar-refractivity contribution in [2.24, 2.45) is 0 Å². The van der Waals surface area contributed by atoms with Crippen molar-refractivity contribution in [1.29, 1.82) is 0 Å². The molecule has 0 radical (unpaired) electrons.